The Kier molecular flexibility index (Phi) is 4.85. The zero-order chi connectivity index (χ0) is 29.7. The van der Waals surface area contributed by atoms with Crippen LogP contribution in [0.5, 0.6) is 23.0 Å². The summed E-state index contributed by atoms with van der Waals surface area (Å²) in [4.78, 5) is 2.22. The number of hydrogen-bond acceptors (Lipinski definition) is 3. The summed E-state index contributed by atoms with van der Waals surface area (Å²) >= 11 is 0. The second-order valence-electron chi connectivity index (χ2n) is 12.1. The maximum absolute atomic E-state index is 6.92. The lowest BCUT2D eigenvalue weighted by Crippen LogP contribution is -2.25. The Morgan fingerprint density at radius 1 is 0.489 bits per heavy atom. The van der Waals surface area contributed by atoms with E-state index in [4.69, 9.17) is 9.47 Å². The van der Waals surface area contributed by atoms with Crippen molar-refractivity contribution in [2.45, 2.75) is 5.41 Å². The topological polar surface area (TPSA) is 21.7 Å². The maximum Gasteiger partial charge on any atom is 0.178 e. The van der Waals surface area contributed by atoms with Gasteiger partial charge in [-0.25, -0.2) is 0 Å². The van der Waals surface area contributed by atoms with Crippen molar-refractivity contribution < 1.29 is 9.47 Å². The van der Waals surface area contributed by atoms with Crippen LogP contribution in [0.2, 0.25) is 0 Å². The Labute approximate surface area is 261 Å². The molecule has 0 saturated carbocycles. The van der Waals surface area contributed by atoms with Crippen LogP contribution >= 0.6 is 0 Å². The highest BCUT2D eigenvalue weighted by Crippen LogP contribution is 2.66. The second-order valence-corrected chi connectivity index (χ2v) is 12.1. The number of rotatable bonds is 2. The van der Waals surface area contributed by atoms with E-state index in [0.29, 0.717) is 5.75 Å². The number of anilines is 2. The van der Waals surface area contributed by atoms with Crippen molar-refractivity contribution in [3.05, 3.63) is 168 Å². The largest absolute Gasteiger partial charge is 0.449 e. The molecule has 7 aromatic rings. The molecule has 212 valence electrons. The molecule has 1 spiro atoms. The fraction of sp³-hybridized carbons (Fsp3) is 0.0476. The Morgan fingerprint density at radius 3 is 1.89 bits per heavy atom. The van der Waals surface area contributed by atoms with E-state index in [0.717, 1.165) is 34.2 Å². The number of fused-ring (bicyclic) bond motifs is 14. The van der Waals surface area contributed by atoms with E-state index in [1.165, 1.54) is 49.7 Å². The lowest BCUT2D eigenvalue weighted by atomic mass is 9.70. The molecule has 3 heteroatoms. The highest BCUT2D eigenvalue weighted by molar-refractivity contribution is 5.98. The van der Waals surface area contributed by atoms with Crippen molar-refractivity contribution >= 4 is 22.1 Å². The predicted molar refractivity (Wildman–Crippen MR) is 181 cm³/mol. The van der Waals surface area contributed by atoms with Gasteiger partial charge >= 0.3 is 0 Å². The first kappa shape index (κ1) is 24.6. The van der Waals surface area contributed by atoms with Crippen LogP contribution in [0, 0.1) is 0 Å². The molecule has 0 N–H and O–H groups in total. The lowest BCUT2D eigenvalue weighted by molar-refractivity contribution is 0.360. The molecule has 2 aliphatic carbocycles. The molecule has 0 bridgehead atoms. The molecule has 0 aromatic heterocycles. The van der Waals surface area contributed by atoms with Crippen LogP contribution in [0.1, 0.15) is 22.3 Å². The minimum absolute atomic E-state index is 0.422. The molecular formula is C42H27NO2. The van der Waals surface area contributed by atoms with Gasteiger partial charge in [0.2, 0.25) is 0 Å². The molecule has 0 fully saturated rings. The lowest BCUT2D eigenvalue weighted by Gasteiger charge is -2.31. The van der Waals surface area contributed by atoms with E-state index in [1.807, 2.05) is 6.07 Å². The average Bonchev–Trinajstić information content (AvgIpc) is 3.58. The van der Waals surface area contributed by atoms with E-state index in [1.54, 1.807) is 0 Å². The highest BCUT2D eigenvalue weighted by atomic mass is 16.6. The third-order valence-electron chi connectivity index (χ3n) is 9.95. The molecule has 45 heavy (non-hydrogen) atoms. The number of hydrogen-bond donors (Lipinski definition) is 0. The van der Waals surface area contributed by atoms with Crippen molar-refractivity contribution in [2.75, 3.05) is 11.9 Å². The standard InChI is InChI=1S/C42H27NO2/c1-43(36-20-10-12-26-11-2-3-13-28(26)36)27-21-23-37-39(25-27)45-41-38(44-37)24-22-35-40(41)31-16-6-9-19-34(31)42(35)32-17-7-4-14-29(32)30-15-5-8-18-33(30)42/h2-25H,1H3. The van der Waals surface area contributed by atoms with Crippen molar-refractivity contribution in [3.63, 3.8) is 0 Å². The summed E-state index contributed by atoms with van der Waals surface area (Å²) in [5.74, 6) is 2.94. The van der Waals surface area contributed by atoms with E-state index in [-0.39, 0.29) is 0 Å². The molecule has 10 rings (SSSR count). The van der Waals surface area contributed by atoms with E-state index in [9.17, 15) is 0 Å². The van der Waals surface area contributed by atoms with Crippen molar-refractivity contribution in [2.24, 2.45) is 0 Å². The van der Waals surface area contributed by atoms with Gasteiger partial charge < -0.3 is 14.4 Å². The molecule has 3 aliphatic rings. The zero-order valence-corrected chi connectivity index (χ0v) is 24.6. The highest BCUT2D eigenvalue weighted by Gasteiger charge is 2.53. The summed E-state index contributed by atoms with van der Waals surface area (Å²) in [5, 5.41) is 2.42. The summed E-state index contributed by atoms with van der Waals surface area (Å²) in [6, 6.07) is 52.0. The molecule has 1 heterocycles. The van der Waals surface area contributed by atoms with Crippen molar-refractivity contribution in [1.29, 1.82) is 0 Å². The normalized spacial score (nSPS) is 14.0. The summed E-state index contributed by atoms with van der Waals surface area (Å²) in [6.45, 7) is 0. The van der Waals surface area contributed by atoms with Crippen LogP contribution in [0.4, 0.5) is 11.4 Å². The van der Waals surface area contributed by atoms with Crippen LogP contribution in [-0.4, -0.2) is 7.05 Å². The Bertz CT molecular complexity index is 2320. The summed E-state index contributed by atoms with van der Waals surface area (Å²) in [7, 11) is 2.10. The smallest absolute Gasteiger partial charge is 0.178 e. The summed E-state index contributed by atoms with van der Waals surface area (Å²) in [5.41, 5.74) is 11.8. The van der Waals surface area contributed by atoms with E-state index in [2.05, 4.69) is 151 Å². The van der Waals surface area contributed by atoms with Crippen LogP contribution < -0.4 is 14.4 Å². The van der Waals surface area contributed by atoms with Gasteiger partial charge in [0, 0.05) is 35.4 Å². The van der Waals surface area contributed by atoms with Gasteiger partial charge in [-0.05, 0) is 68.6 Å². The van der Waals surface area contributed by atoms with Crippen molar-refractivity contribution in [3.8, 4) is 45.3 Å². The molecule has 3 nitrogen and oxygen atoms in total. The zero-order valence-electron chi connectivity index (χ0n) is 24.6. The number of ether oxygens (including phenoxy) is 2. The molecule has 0 saturated heterocycles. The van der Waals surface area contributed by atoms with Crippen molar-refractivity contribution in [1.82, 2.24) is 0 Å². The number of nitrogens with zero attached hydrogens (tertiary/aromatic N) is 1. The van der Waals surface area contributed by atoms with Crippen LogP contribution in [0.3, 0.4) is 0 Å². The first-order valence-corrected chi connectivity index (χ1v) is 15.4. The third kappa shape index (κ3) is 3.14. The molecule has 0 atom stereocenters. The molecular weight excluding hydrogens is 550 g/mol. The minimum Gasteiger partial charge on any atom is -0.449 e. The van der Waals surface area contributed by atoms with Gasteiger partial charge in [0.15, 0.2) is 23.0 Å². The third-order valence-corrected chi connectivity index (χ3v) is 9.95. The first-order valence-electron chi connectivity index (χ1n) is 15.4. The van der Waals surface area contributed by atoms with E-state index >= 15 is 0 Å². The average molecular weight is 578 g/mol. The SMILES string of the molecule is CN(c1ccc2c(c1)Oc1c(ccc3c1-c1ccccc1C31c3ccccc3-c3ccccc31)O2)c1cccc2ccccc12. The fourth-order valence-corrected chi connectivity index (χ4v) is 8.05. The Hall–Kier alpha value is -5.80. The molecule has 0 radical (unpaired) electrons. The van der Waals surface area contributed by atoms with Gasteiger partial charge in [-0.1, -0.05) is 115 Å². The first-order chi connectivity index (χ1) is 22.2. The van der Waals surface area contributed by atoms with Crippen LogP contribution in [0.25, 0.3) is 33.0 Å². The van der Waals surface area contributed by atoms with Gasteiger partial charge in [-0.2, -0.15) is 0 Å². The second kappa shape index (κ2) is 8.87. The molecule has 0 unspecified atom stereocenters. The van der Waals surface area contributed by atoms with Crippen LogP contribution in [-0.2, 0) is 5.41 Å². The van der Waals surface area contributed by atoms with Gasteiger partial charge in [0.05, 0.1) is 5.41 Å². The number of benzene rings is 7. The van der Waals surface area contributed by atoms with Gasteiger partial charge in [0.25, 0.3) is 0 Å². The molecule has 7 aromatic carbocycles. The van der Waals surface area contributed by atoms with Gasteiger partial charge in [0.1, 0.15) is 0 Å². The maximum atomic E-state index is 6.92. The fourth-order valence-electron chi connectivity index (χ4n) is 8.05. The minimum atomic E-state index is -0.422. The van der Waals surface area contributed by atoms with Gasteiger partial charge in [-0.15, -0.1) is 0 Å². The quantitative estimate of drug-likeness (QED) is 0.204. The Balaban J connectivity index is 1.15. The van der Waals surface area contributed by atoms with Gasteiger partial charge in [-0.3, -0.25) is 0 Å². The summed E-state index contributed by atoms with van der Waals surface area (Å²) < 4.78 is 13.5. The predicted octanol–water partition coefficient (Wildman–Crippen LogP) is 10.8. The summed E-state index contributed by atoms with van der Waals surface area (Å²) in [6.07, 6.45) is 0. The van der Waals surface area contributed by atoms with Crippen LogP contribution in [0.15, 0.2) is 146 Å². The van der Waals surface area contributed by atoms with E-state index < -0.39 is 5.41 Å². The molecule has 1 aliphatic heterocycles. The molecule has 0 amide bonds. The Morgan fingerprint density at radius 2 is 1.11 bits per heavy atom. The monoisotopic (exact) mass is 577 g/mol.